The van der Waals surface area contributed by atoms with E-state index in [1.807, 2.05) is 62.4 Å². The minimum atomic E-state index is -0.511. The average Bonchev–Trinajstić information content (AvgIpc) is 2.82. The van der Waals surface area contributed by atoms with Crippen LogP contribution in [0.2, 0.25) is 0 Å². The molecule has 0 aliphatic carbocycles. The summed E-state index contributed by atoms with van der Waals surface area (Å²) in [6, 6.07) is 15.4. The van der Waals surface area contributed by atoms with Crippen LogP contribution in [0.1, 0.15) is 63.5 Å². The van der Waals surface area contributed by atoms with Crippen LogP contribution in [0.5, 0.6) is 11.5 Å². The maximum absolute atomic E-state index is 12.2. The minimum Gasteiger partial charge on any atom is -0.481 e. The van der Waals surface area contributed by atoms with Gasteiger partial charge in [0.25, 0.3) is 11.8 Å². The van der Waals surface area contributed by atoms with E-state index in [2.05, 4.69) is 10.6 Å². The molecule has 0 spiro atoms. The van der Waals surface area contributed by atoms with Crippen LogP contribution in [0.3, 0.4) is 0 Å². The van der Waals surface area contributed by atoms with Gasteiger partial charge in [0, 0.05) is 13.1 Å². The second-order valence-corrected chi connectivity index (χ2v) is 8.85. The van der Waals surface area contributed by atoms with Gasteiger partial charge in [0.05, 0.1) is 0 Å². The lowest BCUT2D eigenvalue weighted by Crippen LogP contribution is -2.36. The van der Waals surface area contributed by atoms with Crippen LogP contribution in [0.15, 0.2) is 48.5 Å². The molecular formula is C28H40N2O4. The molecular weight excluding hydrogens is 428 g/mol. The zero-order valence-electron chi connectivity index (χ0n) is 21.1. The Morgan fingerprint density at radius 2 is 0.941 bits per heavy atom. The molecule has 6 nitrogen and oxygen atoms in total. The van der Waals surface area contributed by atoms with Gasteiger partial charge in [0.2, 0.25) is 0 Å². The summed E-state index contributed by atoms with van der Waals surface area (Å²) in [5.41, 5.74) is 2.32. The first-order chi connectivity index (χ1) is 16.3. The fourth-order valence-electron chi connectivity index (χ4n) is 3.42. The third-order valence-corrected chi connectivity index (χ3v) is 5.61. The molecule has 0 aliphatic heterocycles. The Morgan fingerprint density at radius 1 is 0.618 bits per heavy atom. The van der Waals surface area contributed by atoms with Gasteiger partial charge in [-0.3, -0.25) is 9.59 Å². The fourth-order valence-corrected chi connectivity index (χ4v) is 3.42. The lowest BCUT2D eigenvalue weighted by molar-refractivity contribution is -0.127. The molecule has 0 saturated heterocycles. The Labute approximate surface area is 204 Å². The molecule has 0 fully saturated rings. The number of hydrogen-bond donors (Lipinski definition) is 2. The average molecular weight is 469 g/mol. The Hall–Kier alpha value is -3.02. The monoisotopic (exact) mass is 468 g/mol. The highest BCUT2D eigenvalue weighted by atomic mass is 16.5. The number of carbonyl (C=O) groups is 2. The standard InChI is InChI=1S/C28H40N2O4/c1-21-11-15-25(16-12-21)33-23(3)27(31)29-19-9-7-5-6-8-10-20-30-28(32)24(4)34-26-17-13-22(2)14-18-26/h11-18,23-24H,5-10,19-20H2,1-4H3,(H,29,31)(H,30,32). The van der Waals surface area contributed by atoms with E-state index in [-0.39, 0.29) is 11.8 Å². The Kier molecular flexibility index (Phi) is 12.0. The van der Waals surface area contributed by atoms with Gasteiger partial charge in [-0.05, 0) is 64.8 Å². The van der Waals surface area contributed by atoms with E-state index in [9.17, 15) is 9.59 Å². The van der Waals surface area contributed by atoms with Crippen LogP contribution < -0.4 is 20.1 Å². The minimum absolute atomic E-state index is 0.0862. The van der Waals surface area contributed by atoms with E-state index in [1.54, 1.807) is 13.8 Å². The first kappa shape index (κ1) is 27.2. The van der Waals surface area contributed by atoms with Crippen LogP contribution in [0.25, 0.3) is 0 Å². The summed E-state index contributed by atoms with van der Waals surface area (Å²) in [7, 11) is 0. The van der Waals surface area contributed by atoms with E-state index >= 15 is 0 Å². The maximum atomic E-state index is 12.2. The number of unbranched alkanes of at least 4 members (excludes halogenated alkanes) is 5. The maximum Gasteiger partial charge on any atom is 0.260 e. The van der Waals surface area contributed by atoms with E-state index in [0.717, 1.165) is 49.7 Å². The largest absolute Gasteiger partial charge is 0.481 e. The highest BCUT2D eigenvalue weighted by Crippen LogP contribution is 2.14. The summed E-state index contributed by atoms with van der Waals surface area (Å²) < 4.78 is 11.4. The van der Waals surface area contributed by atoms with E-state index < -0.39 is 12.2 Å². The summed E-state index contributed by atoms with van der Waals surface area (Å²) in [5, 5.41) is 5.89. The normalized spacial score (nSPS) is 12.5. The van der Waals surface area contributed by atoms with Crippen molar-refractivity contribution in [3.8, 4) is 11.5 Å². The van der Waals surface area contributed by atoms with Crippen LogP contribution >= 0.6 is 0 Å². The van der Waals surface area contributed by atoms with Crippen LogP contribution in [-0.2, 0) is 9.59 Å². The third kappa shape index (κ3) is 10.7. The van der Waals surface area contributed by atoms with E-state index in [0.29, 0.717) is 24.6 Å². The lowest BCUT2D eigenvalue weighted by atomic mass is 10.1. The smallest absolute Gasteiger partial charge is 0.260 e. The SMILES string of the molecule is Cc1ccc(OC(C)C(=O)NCCCCCCCCNC(=O)C(C)Oc2ccc(C)cc2)cc1. The predicted molar refractivity (Wildman–Crippen MR) is 136 cm³/mol. The Bertz CT molecular complexity index is 791. The molecule has 6 heteroatoms. The number of carbonyl (C=O) groups excluding carboxylic acids is 2. The van der Waals surface area contributed by atoms with Crippen LogP contribution in [-0.4, -0.2) is 37.1 Å². The molecule has 2 aromatic carbocycles. The number of benzene rings is 2. The summed E-state index contributed by atoms with van der Waals surface area (Å²) >= 11 is 0. The van der Waals surface area contributed by atoms with Crippen molar-refractivity contribution >= 4 is 11.8 Å². The predicted octanol–water partition coefficient (Wildman–Crippen LogP) is 5.11. The highest BCUT2D eigenvalue weighted by Gasteiger charge is 2.14. The van der Waals surface area contributed by atoms with Gasteiger partial charge in [-0.2, -0.15) is 0 Å². The summed E-state index contributed by atoms with van der Waals surface area (Å²) in [6.07, 6.45) is 5.26. The molecule has 0 saturated carbocycles. The van der Waals surface area contributed by atoms with Crippen molar-refractivity contribution in [1.29, 1.82) is 0 Å². The molecule has 2 rings (SSSR count). The van der Waals surface area contributed by atoms with Crippen molar-refractivity contribution in [3.05, 3.63) is 59.7 Å². The van der Waals surface area contributed by atoms with Gasteiger partial charge >= 0.3 is 0 Å². The molecule has 34 heavy (non-hydrogen) atoms. The molecule has 0 bridgehead atoms. The lowest BCUT2D eigenvalue weighted by Gasteiger charge is -2.15. The zero-order valence-corrected chi connectivity index (χ0v) is 21.1. The molecule has 2 unspecified atom stereocenters. The van der Waals surface area contributed by atoms with E-state index in [4.69, 9.17) is 9.47 Å². The topological polar surface area (TPSA) is 76.7 Å². The van der Waals surface area contributed by atoms with Gasteiger partial charge in [-0.25, -0.2) is 0 Å². The fraction of sp³-hybridized carbons (Fsp3) is 0.500. The van der Waals surface area contributed by atoms with Gasteiger partial charge < -0.3 is 20.1 Å². The van der Waals surface area contributed by atoms with Crippen molar-refractivity contribution in [2.24, 2.45) is 0 Å². The number of rotatable bonds is 15. The van der Waals surface area contributed by atoms with Crippen LogP contribution in [0.4, 0.5) is 0 Å². The second-order valence-electron chi connectivity index (χ2n) is 8.85. The zero-order chi connectivity index (χ0) is 24.8. The van der Waals surface area contributed by atoms with Crippen molar-refractivity contribution in [2.75, 3.05) is 13.1 Å². The second kappa shape index (κ2) is 15.0. The van der Waals surface area contributed by atoms with Crippen molar-refractivity contribution < 1.29 is 19.1 Å². The molecule has 0 radical (unpaired) electrons. The van der Waals surface area contributed by atoms with Gasteiger partial charge in [-0.1, -0.05) is 61.1 Å². The quantitative estimate of drug-likeness (QED) is 0.356. The molecule has 2 aromatic rings. The van der Waals surface area contributed by atoms with E-state index in [1.165, 1.54) is 0 Å². The molecule has 2 amide bonds. The number of aryl methyl sites for hydroxylation is 2. The third-order valence-electron chi connectivity index (χ3n) is 5.61. The molecule has 186 valence electrons. The van der Waals surface area contributed by atoms with Crippen molar-refractivity contribution in [1.82, 2.24) is 10.6 Å². The highest BCUT2D eigenvalue weighted by molar-refractivity contribution is 5.81. The summed E-state index contributed by atoms with van der Waals surface area (Å²) in [4.78, 5) is 24.3. The molecule has 0 aromatic heterocycles. The Balaban J connectivity index is 1.44. The summed E-state index contributed by atoms with van der Waals surface area (Å²) in [6.45, 7) is 8.89. The molecule has 2 N–H and O–H groups in total. The summed E-state index contributed by atoms with van der Waals surface area (Å²) in [5.74, 6) is 1.24. The first-order valence-electron chi connectivity index (χ1n) is 12.4. The van der Waals surface area contributed by atoms with Gasteiger partial charge in [0.1, 0.15) is 11.5 Å². The number of ether oxygens (including phenoxy) is 2. The van der Waals surface area contributed by atoms with Crippen molar-refractivity contribution in [3.63, 3.8) is 0 Å². The number of nitrogens with one attached hydrogen (secondary N) is 2. The van der Waals surface area contributed by atoms with Crippen molar-refractivity contribution in [2.45, 2.75) is 78.4 Å². The number of amides is 2. The van der Waals surface area contributed by atoms with Gasteiger partial charge in [0.15, 0.2) is 12.2 Å². The molecule has 0 aliphatic rings. The Morgan fingerprint density at radius 3 is 1.29 bits per heavy atom. The van der Waals surface area contributed by atoms with Crippen LogP contribution in [0, 0.1) is 13.8 Å². The molecule has 2 atom stereocenters. The van der Waals surface area contributed by atoms with Gasteiger partial charge in [-0.15, -0.1) is 0 Å². The first-order valence-corrected chi connectivity index (χ1v) is 12.4. The number of hydrogen-bond acceptors (Lipinski definition) is 4. The molecule has 0 heterocycles.